The number of sulfone groups is 2. The summed E-state index contributed by atoms with van der Waals surface area (Å²) in [6, 6.07) is 0. The first kappa shape index (κ1) is 9.73. The largest absolute Gasteiger partial charge is 0.229 e. The molecule has 0 radical (unpaired) electrons. The standard InChI is InChI=1S/C6H10O4S2/c1-2-12(9,10)6-3-4-11(7,8)5-6/h2,6H,1,3-5H2. The van der Waals surface area contributed by atoms with E-state index in [9.17, 15) is 16.8 Å². The lowest BCUT2D eigenvalue weighted by molar-refractivity contribution is 0.590. The molecule has 6 heteroatoms. The second-order valence-corrected chi connectivity index (χ2v) is 7.19. The van der Waals surface area contributed by atoms with Gasteiger partial charge in [-0.25, -0.2) is 16.8 Å². The molecule has 0 aromatic carbocycles. The summed E-state index contributed by atoms with van der Waals surface area (Å²) in [5.74, 6) is -0.272. The molecular formula is C6H10O4S2. The Morgan fingerprint density at radius 1 is 1.42 bits per heavy atom. The summed E-state index contributed by atoms with van der Waals surface area (Å²) < 4.78 is 44.0. The molecule has 0 saturated carbocycles. The van der Waals surface area contributed by atoms with E-state index in [0.29, 0.717) is 0 Å². The van der Waals surface area contributed by atoms with Crippen molar-refractivity contribution < 1.29 is 16.8 Å². The third-order valence-electron chi connectivity index (χ3n) is 1.89. The average molecular weight is 210 g/mol. The first-order chi connectivity index (χ1) is 5.37. The first-order valence-electron chi connectivity index (χ1n) is 3.44. The third-order valence-corrected chi connectivity index (χ3v) is 5.66. The first-order valence-corrected chi connectivity index (χ1v) is 6.87. The van der Waals surface area contributed by atoms with Crippen LogP contribution in [0.3, 0.4) is 0 Å². The molecule has 70 valence electrons. The molecule has 0 aromatic rings. The smallest absolute Gasteiger partial charge is 0.174 e. The van der Waals surface area contributed by atoms with Crippen LogP contribution >= 0.6 is 0 Å². The molecule has 0 amide bonds. The average Bonchev–Trinajstić information content (AvgIpc) is 2.31. The van der Waals surface area contributed by atoms with Crippen LogP contribution in [-0.4, -0.2) is 33.6 Å². The Hall–Kier alpha value is -0.360. The van der Waals surface area contributed by atoms with Crippen LogP contribution in [-0.2, 0) is 19.7 Å². The quantitative estimate of drug-likeness (QED) is 0.629. The van der Waals surface area contributed by atoms with Crippen LogP contribution in [0.2, 0.25) is 0 Å². The maximum atomic E-state index is 11.1. The highest BCUT2D eigenvalue weighted by atomic mass is 32.2. The topological polar surface area (TPSA) is 68.3 Å². The molecule has 1 saturated heterocycles. The lowest BCUT2D eigenvalue weighted by Crippen LogP contribution is -2.19. The van der Waals surface area contributed by atoms with Crippen LogP contribution in [0.25, 0.3) is 0 Å². The summed E-state index contributed by atoms with van der Waals surface area (Å²) >= 11 is 0. The summed E-state index contributed by atoms with van der Waals surface area (Å²) in [6.45, 7) is 3.14. The van der Waals surface area contributed by atoms with Gasteiger partial charge >= 0.3 is 0 Å². The van der Waals surface area contributed by atoms with Gasteiger partial charge in [0.2, 0.25) is 0 Å². The number of rotatable bonds is 2. The minimum Gasteiger partial charge on any atom is -0.229 e. The zero-order valence-corrected chi connectivity index (χ0v) is 8.07. The maximum absolute atomic E-state index is 11.1. The van der Waals surface area contributed by atoms with Crippen LogP contribution in [0.4, 0.5) is 0 Å². The third kappa shape index (κ3) is 1.87. The predicted octanol–water partition coefficient (Wildman–Crippen LogP) is -0.268. The summed E-state index contributed by atoms with van der Waals surface area (Å²) in [5.41, 5.74) is 0. The van der Waals surface area contributed by atoms with Crippen molar-refractivity contribution in [3.8, 4) is 0 Å². The Kier molecular flexibility index (Phi) is 2.31. The van der Waals surface area contributed by atoms with Gasteiger partial charge in [0.1, 0.15) is 0 Å². The summed E-state index contributed by atoms with van der Waals surface area (Å²) in [4.78, 5) is 0. The fourth-order valence-electron chi connectivity index (χ4n) is 1.16. The van der Waals surface area contributed by atoms with Gasteiger partial charge in [0.05, 0.1) is 16.8 Å². The Balaban J connectivity index is 2.92. The van der Waals surface area contributed by atoms with Crippen molar-refractivity contribution in [2.45, 2.75) is 11.7 Å². The minimum atomic E-state index is -3.38. The van der Waals surface area contributed by atoms with Crippen LogP contribution in [0.5, 0.6) is 0 Å². The molecule has 0 aromatic heterocycles. The summed E-state index contributed by atoms with van der Waals surface area (Å²) in [5, 5.41) is 0.0680. The van der Waals surface area contributed by atoms with E-state index < -0.39 is 24.9 Å². The number of hydrogen-bond donors (Lipinski definition) is 0. The molecule has 0 bridgehead atoms. The Morgan fingerprint density at radius 2 is 2.00 bits per heavy atom. The molecule has 1 atom stereocenters. The van der Waals surface area contributed by atoms with Crippen molar-refractivity contribution in [1.29, 1.82) is 0 Å². The van der Waals surface area contributed by atoms with Crippen LogP contribution in [0.15, 0.2) is 12.0 Å². The van der Waals surface area contributed by atoms with Crippen LogP contribution in [0.1, 0.15) is 6.42 Å². The van der Waals surface area contributed by atoms with Crippen molar-refractivity contribution in [2.75, 3.05) is 11.5 Å². The van der Waals surface area contributed by atoms with Gasteiger partial charge in [-0.1, -0.05) is 6.58 Å². The van der Waals surface area contributed by atoms with E-state index >= 15 is 0 Å². The van der Waals surface area contributed by atoms with E-state index in [1.165, 1.54) is 0 Å². The van der Waals surface area contributed by atoms with Crippen LogP contribution in [0, 0.1) is 0 Å². The van der Waals surface area contributed by atoms with Crippen molar-refractivity contribution in [1.82, 2.24) is 0 Å². The van der Waals surface area contributed by atoms with Crippen molar-refractivity contribution in [3.05, 3.63) is 12.0 Å². The van der Waals surface area contributed by atoms with E-state index in [-0.39, 0.29) is 17.9 Å². The molecule has 12 heavy (non-hydrogen) atoms. The van der Waals surface area contributed by atoms with Crippen molar-refractivity contribution >= 4 is 19.7 Å². The highest BCUT2D eigenvalue weighted by Gasteiger charge is 2.35. The van der Waals surface area contributed by atoms with Gasteiger partial charge in [0, 0.05) is 5.41 Å². The SMILES string of the molecule is C=CS(=O)(=O)C1CCS(=O)(=O)C1. The molecule has 0 aliphatic carbocycles. The predicted molar refractivity (Wildman–Crippen MR) is 46.2 cm³/mol. The second kappa shape index (κ2) is 2.85. The Bertz CT molecular complexity index is 376. The van der Waals surface area contributed by atoms with Gasteiger partial charge in [0.25, 0.3) is 0 Å². The van der Waals surface area contributed by atoms with Crippen molar-refractivity contribution in [2.24, 2.45) is 0 Å². The van der Waals surface area contributed by atoms with Crippen molar-refractivity contribution in [3.63, 3.8) is 0 Å². The monoisotopic (exact) mass is 210 g/mol. The zero-order chi connectivity index (χ0) is 9.41. The molecule has 1 fully saturated rings. The van der Waals surface area contributed by atoms with Crippen LogP contribution < -0.4 is 0 Å². The lowest BCUT2D eigenvalue weighted by atomic mass is 10.4. The van der Waals surface area contributed by atoms with E-state index in [4.69, 9.17) is 0 Å². The fraction of sp³-hybridized carbons (Fsp3) is 0.667. The van der Waals surface area contributed by atoms with E-state index in [0.717, 1.165) is 5.41 Å². The molecule has 1 rings (SSSR count). The highest BCUT2D eigenvalue weighted by Crippen LogP contribution is 2.19. The molecular weight excluding hydrogens is 200 g/mol. The van der Waals surface area contributed by atoms with E-state index in [1.54, 1.807) is 0 Å². The summed E-state index contributed by atoms with van der Waals surface area (Å²) in [6.07, 6.45) is 0.205. The van der Waals surface area contributed by atoms with Gasteiger partial charge in [-0.15, -0.1) is 0 Å². The van der Waals surface area contributed by atoms with E-state index in [2.05, 4.69) is 6.58 Å². The van der Waals surface area contributed by atoms with E-state index in [1.807, 2.05) is 0 Å². The Labute approximate surface area is 72.1 Å². The second-order valence-electron chi connectivity index (χ2n) is 2.78. The maximum Gasteiger partial charge on any atom is 0.174 e. The molecule has 1 heterocycles. The molecule has 1 aliphatic heterocycles. The normalized spacial score (nSPS) is 28.5. The molecule has 1 aliphatic rings. The summed E-state index contributed by atoms with van der Waals surface area (Å²) in [7, 11) is -6.50. The van der Waals surface area contributed by atoms with Gasteiger partial charge in [-0.3, -0.25) is 0 Å². The van der Waals surface area contributed by atoms with Gasteiger partial charge in [0.15, 0.2) is 19.7 Å². The molecule has 0 spiro atoms. The lowest BCUT2D eigenvalue weighted by Gasteiger charge is -2.02. The highest BCUT2D eigenvalue weighted by molar-refractivity contribution is 7.98. The molecule has 0 N–H and O–H groups in total. The van der Waals surface area contributed by atoms with Gasteiger partial charge in [-0.2, -0.15) is 0 Å². The minimum absolute atomic E-state index is 0.0231. The number of hydrogen-bond acceptors (Lipinski definition) is 4. The Morgan fingerprint density at radius 3 is 2.33 bits per heavy atom. The molecule has 1 unspecified atom stereocenters. The molecule has 4 nitrogen and oxygen atoms in total. The fourth-order valence-corrected chi connectivity index (χ4v) is 4.95. The zero-order valence-electron chi connectivity index (χ0n) is 6.43. The van der Waals surface area contributed by atoms with Gasteiger partial charge < -0.3 is 0 Å². The van der Waals surface area contributed by atoms with Gasteiger partial charge in [-0.05, 0) is 6.42 Å².